The lowest BCUT2D eigenvalue weighted by atomic mass is 10.0. The van der Waals surface area contributed by atoms with Crippen molar-refractivity contribution in [3.8, 4) is 0 Å². The van der Waals surface area contributed by atoms with E-state index in [-0.39, 0.29) is 31.3 Å². The number of carboxylic acid groups (broad SMARTS) is 2. The van der Waals surface area contributed by atoms with E-state index in [1.54, 1.807) is 13.8 Å². The normalized spacial score (nSPS) is 14.3. The van der Waals surface area contributed by atoms with Crippen LogP contribution in [-0.4, -0.2) is 76.5 Å². The van der Waals surface area contributed by atoms with Crippen molar-refractivity contribution in [2.24, 2.45) is 28.1 Å². The smallest absolute Gasteiger partial charge is 0.325 e. The first-order chi connectivity index (χ1) is 15.2. The molecule has 0 heterocycles. The van der Waals surface area contributed by atoms with Gasteiger partial charge in [0, 0.05) is 6.54 Å². The summed E-state index contributed by atoms with van der Waals surface area (Å²) in [7, 11) is 0. The van der Waals surface area contributed by atoms with Crippen LogP contribution in [0, 0.1) is 5.92 Å². The second-order valence-corrected chi connectivity index (χ2v) is 7.97. The largest absolute Gasteiger partial charge is 0.481 e. The Labute approximate surface area is 191 Å². The minimum Gasteiger partial charge on any atom is -0.481 e. The molecule has 188 valence electrons. The highest BCUT2D eigenvalue weighted by atomic mass is 16.4. The topological polar surface area (TPSA) is 252 Å². The average Bonchev–Trinajstić information content (AvgIpc) is 2.68. The maximum absolute atomic E-state index is 12.9. The summed E-state index contributed by atoms with van der Waals surface area (Å²) in [5.74, 6) is -4.98. The minimum atomic E-state index is -1.36. The lowest BCUT2D eigenvalue weighted by Crippen LogP contribution is -2.57. The number of carbonyl (C=O) groups excluding carboxylic acids is 3. The Morgan fingerprint density at radius 3 is 1.91 bits per heavy atom. The molecule has 0 aromatic rings. The molecule has 11 N–H and O–H groups in total. The van der Waals surface area contributed by atoms with Gasteiger partial charge in [-0.3, -0.25) is 29.0 Å². The lowest BCUT2D eigenvalue weighted by molar-refractivity contribution is -0.141. The molecule has 0 aliphatic carbocycles. The lowest BCUT2D eigenvalue weighted by Gasteiger charge is -2.25. The van der Waals surface area contributed by atoms with Crippen LogP contribution in [-0.2, 0) is 24.0 Å². The number of amides is 3. The van der Waals surface area contributed by atoms with Crippen LogP contribution in [0.2, 0.25) is 0 Å². The minimum absolute atomic E-state index is 0.0436. The highest BCUT2D eigenvalue weighted by Gasteiger charge is 2.30. The number of carboxylic acids is 2. The molecule has 14 heteroatoms. The third-order valence-corrected chi connectivity index (χ3v) is 4.38. The number of nitrogens with one attached hydrogen (secondary N) is 3. The molecular formula is C19H35N7O7. The van der Waals surface area contributed by atoms with Crippen molar-refractivity contribution in [3.63, 3.8) is 0 Å². The molecule has 0 saturated heterocycles. The van der Waals surface area contributed by atoms with Crippen molar-refractivity contribution in [2.75, 3.05) is 6.54 Å². The molecule has 0 radical (unpaired) electrons. The number of guanidine groups is 1. The number of hydrogen-bond acceptors (Lipinski definition) is 7. The zero-order valence-electron chi connectivity index (χ0n) is 19.0. The Kier molecular flexibility index (Phi) is 13.1. The number of rotatable bonds is 15. The van der Waals surface area contributed by atoms with Crippen LogP contribution >= 0.6 is 0 Å². The van der Waals surface area contributed by atoms with Gasteiger partial charge in [0.25, 0.3) is 0 Å². The number of aliphatic carboxylic acids is 2. The third kappa shape index (κ3) is 12.9. The van der Waals surface area contributed by atoms with Gasteiger partial charge in [0.1, 0.15) is 18.1 Å². The van der Waals surface area contributed by atoms with E-state index in [0.29, 0.717) is 6.42 Å². The zero-order valence-corrected chi connectivity index (χ0v) is 19.0. The third-order valence-electron chi connectivity index (χ3n) is 4.38. The number of aliphatic imine (C=N–C) groups is 1. The van der Waals surface area contributed by atoms with Gasteiger partial charge >= 0.3 is 11.9 Å². The van der Waals surface area contributed by atoms with Crippen LogP contribution in [0.1, 0.15) is 46.5 Å². The van der Waals surface area contributed by atoms with Crippen molar-refractivity contribution < 1.29 is 34.2 Å². The Balaban J connectivity index is 5.45. The van der Waals surface area contributed by atoms with Crippen LogP contribution in [0.4, 0.5) is 0 Å². The van der Waals surface area contributed by atoms with Crippen molar-refractivity contribution in [1.82, 2.24) is 16.0 Å². The molecule has 0 saturated carbocycles. The van der Waals surface area contributed by atoms with Gasteiger partial charge in [0.05, 0.1) is 12.5 Å². The molecule has 0 aromatic heterocycles. The van der Waals surface area contributed by atoms with Crippen molar-refractivity contribution >= 4 is 35.6 Å². The zero-order chi connectivity index (χ0) is 25.7. The molecule has 0 aromatic carbocycles. The van der Waals surface area contributed by atoms with E-state index < -0.39 is 60.2 Å². The Hall–Kier alpha value is -3.42. The van der Waals surface area contributed by atoms with E-state index in [2.05, 4.69) is 20.9 Å². The van der Waals surface area contributed by atoms with Crippen molar-refractivity contribution in [1.29, 1.82) is 0 Å². The molecule has 4 atom stereocenters. The van der Waals surface area contributed by atoms with E-state index in [4.69, 9.17) is 27.4 Å². The summed E-state index contributed by atoms with van der Waals surface area (Å²) in [6.45, 7) is 5.05. The van der Waals surface area contributed by atoms with Crippen LogP contribution < -0.4 is 33.2 Å². The van der Waals surface area contributed by atoms with Gasteiger partial charge in [-0.25, -0.2) is 0 Å². The molecular weight excluding hydrogens is 438 g/mol. The molecule has 0 aliphatic rings. The predicted molar refractivity (Wildman–Crippen MR) is 119 cm³/mol. The molecule has 0 rings (SSSR count). The fraction of sp³-hybridized carbons (Fsp3) is 0.684. The first-order valence-electron chi connectivity index (χ1n) is 10.4. The summed E-state index contributed by atoms with van der Waals surface area (Å²) in [6.07, 6.45) is -0.0556. The van der Waals surface area contributed by atoms with Crippen LogP contribution in [0.25, 0.3) is 0 Å². The van der Waals surface area contributed by atoms with Crippen LogP contribution in [0.5, 0.6) is 0 Å². The van der Waals surface area contributed by atoms with Gasteiger partial charge in [0.2, 0.25) is 17.7 Å². The predicted octanol–water partition coefficient (Wildman–Crippen LogP) is -2.55. The number of nitrogens with zero attached hydrogens (tertiary/aromatic N) is 1. The Morgan fingerprint density at radius 1 is 0.879 bits per heavy atom. The summed E-state index contributed by atoms with van der Waals surface area (Å²) < 4.78 is 0. The molecule has 0 aliphatic heterocycles. The molecule has 33 heavy (non-hydrogen) atoms. The SMILES string of the molecule is CC(C)CC(NC(=O)C(N)CC(=O)O)C(=O)NC(CCCN=C(N)N)C(=O)NC(C)C(=O)O. The van der Waals surface area contributed by atoms with Crippen molar-refractivity contribution in [2.45, 2.75) is 70.6 Å². The Morgan fingerprint density at radius 2 is 1.42 bits per heavy atom. The van der Waals surface area contributed by atoms with E-state index in [0.717, 1.165) is 0 Å². The molecule has 4 unspecified atom stereocenters. The van der Waals surface area contributed by atoms with E-state index in [1.807, 2.05) is 0 Å². The summed E-state index contributed by atoms with van der Waals surface area (Å²) in [4.78, 5) is 63.3. The van der Waals surface area contributed by atoms with Gasteiger partial charge < -0.3 is 43.4 Å². The number of nitrogens with two attached hydrogens (primary N) is 3. The summed E-state index contributed by atoms with van der Waals surface area (Å²) >= 11 is 0. The second kappa shape index (κ2) is 14.6. The van der Waals surface area contributed by atoms with E-state index in [1.165, 1.54) is 6.92 Å². The quantitative estimate of drug-likeness (QED) is 0.0701. The highest BCUT2D eigenvalue weighted by Crippen LogP contribution is 2.08. The fourth-order valence-electron chi connectivity index (χ4n) is 2.68. The van der Waals surface area contributed by atoms with Crippen LogP contribution in [0.15, 0.2) is 4.99 Å². The number of hydrogen-bond donors (Lipinski definition) is 8. The van der Waals surface area contributed by atoms with Gasteiger partial charge in [-0.05, 0) is 32.1 Å². The van der Waals surface area contributed by atoms with Gasteiger partial charge in [-0.1, -0.05) is 13.8 Å². The highest BCUT2D eigenvalue weighted by molar-refractivity contribution is 5.94. The monoisotopic (exact) mass is 473 g/mol. The first-order valence-corrected chi connectivity index (χ1v) is 10.4. The first kappa shape index (κ1) is 29.6. The standard InChI is InChI=1S/C19H35N7O7/c1-9(2)7-13(26-15(29)11(20)8-14(27)28)17(31)25-12(5-4-6-23-19(21)22)16(30)24-10(3)18(32)33/h9-13H,4-8,20H2,1-3H3,(H,24,30)(H,25,31)(H,26,29)(H,27,28)(H,32,33)(H4,21,22,23). The van der Waals surface area contributed by atoms with E-state index >= 15 is 0 Å². The van der Waals surface area contributed by atoms with Gasteiger partial charge in [-0.15, -0.1) is 0 Å². The molecule has 0 bridgehead atoms. The maximum atomic E-state index is 12.9. The second-order valence-electron chi connectivity index (χ2n) is 7.97. The summed E-state index contributed by atoms with van der Waals surface area (Å²) in [6, 6.07) is -4.79. The molecule has 0 spiro atoms. The molecule has 3 amide bonds. The van der Waals surface area contributed by atoms with Gasteiger partial charge in [0.15, 0.2) is 5.96 Å². The Bertz CT molecular complexity index is 738. The summed E-state index contributed by atoms with van der Waals surface area (Å²) in [5.41, 5.74) is 16.1. The average molecular weight is 474 g/mol. The maximum Gasteiger partial charge on any atom is 0.325 e. The summed E-state index contributed by atoms with van der Waals surface area (Å²) in [5, 5.41) is 25.0. The molecule has 14 nitrogen and oxygen atoms in total. The number of carbonyl (C=O) groups is 5. The van der Waals surface area contributed by atoms with Crippen LogP contribution in [0.3, 0.4) is 0 Å². The van der Waals surface area contributed by atoms with Gasteiger partial charge in [-0.2, -0.15) is 0 Å². The van der Waals surface area contributed by atoms with Crippen molar-refractivity contribution in [3.05, 3.63) is 0 Å². The molecule has 0 fully saturated rings. The fourth-order valence-corrected chi connectivity index (χ4v) is 2.68. The van der Waals surface area contributed by atoms with E-state index in [9.17, 15) is 24.0 Å².